The average molecular weight is 378 g/mol. The van der Waals surface area contributed by atoms with Crippen LogP contribution in [0.25, 0.3) is 6.08 Å². The molecule has 0 unspecified atom stereocenters. The Morgan fingerprint density at radius 1 is 1.07 bits per heavy atom. The van der Waals surface area contributed by atoms with Crippen molar-refractivity contribution in [2.75, 3.05) is 21.0 Å². The van der Waals surface area contributed by atoms with Crippen molar-refractivity contribution in [3.63, 3.8) is 0 Å². The molecule has 0 aromatic heterocycles. The monoisotopic (exact) mass is 378 g/mol. The van der Waals surface area contributed by atoms with Gasteiger partial charge in [0.25, 0.3) is 0 Å². The number of methoxy groups -OCH3 is 2. The van der Waals surface area contributed by atoms with Gasteiger partial charge in [0.2, 0.25) is 12.5 Å². The average Bonchev–Trinajstić information content (AvgIpc) is 3.13. The van der Waals surface area contributed by atoms with Gasteiger partial charge in [0, 0.05) is 5.56 Å². The number of ketones is 1. The summed E-state index contributed by atoms with van der Waals surface area (Å²) in [7, 11) is 2.64. The summed E-state index contributed by atoms with van der Waals surface area (Å²) in [6.45, 7) is -2.91. The Kier molecular flexibility index (Phi) is 5.44. The molecule has 8 heteroatoms. The zero-order chi connectivity index (χ0) is 19.4. The molecule has 3 rings (SSSR count). The molecule has 2 aromatic carbocycles. The Morgan fingerprint density at radius 2 is 1.74 bits per heavy atom. The second-order valence-corrected chi connectivity index (χ2v) is 5.40. The van der Waals surface area contributed by atoms with Crippen LogP contribution < -0.4 is 23.7 Å². The van der Waals surface area contributed by atoms with Crippen molar-refractivity contribution < 1.29 is 37.3 Å². The van der Waals surface area contributed by atoms with E-state index in [0.29, 0.717) is 22.6 Å². The number of rotatable bonds is 7. The van der Waals surface area contributed by atoms with Crippen molar-refractivity contribution in [3.8, 4) is 28.7 Å². The van der Waals surface area contributed by atoms with E-state index in [-0.39, 0.29) is 29.8 Å². The molecule has 1 aliphatic rings. The van der Waals surface area contributed by atoms with Gasteiger partial charge < -0.3 is 23.7 Å². The van der Waals surface area contributed by atoms with Gasteiger partial charge in [-0.3, -0.25) is 4.79 Å². The van der Waals surface area contributed by atoms with E-state index in [2.05, 4.69) is 4.74 Å². The minimum Gasteiger partial charge on any atom is -0.493 e. The summed E-state index contributed by atoms with van der Waals surface area (Å²) >= 11 is 0. The van der Waals surface area contributed by atoms with Crippen LogP contribution >= 0.6 is 0 Å². The smallest absolute Gasteiger partial charge is 0.387 e. The molecule has 0 N–H and O–H groups in total. The Labute approximate surface area is 153 Å². The van der Waals surface area contributed by atoms with Crippen LogP contribution in [-0.4, -0.2) is 33.4 Å². The lowest BCUT2D eigenvalue weighted by Gasteiger charge is -2.14. The van der Waals surface area contributed by atoms with Gasteiger partial charge in [-0.25, -0.2) is 0 Å². The second kappa shape index (κ2) is 7.94. The number of ether oxygens (including phenoxy) is 5. The minimum atomic E-state index is -3.03. The molecule has 0 saturated heterocycles. The molecular weight excluding hydrogens is 362 g/mol. The van der Waals surface area contributed by atoms with Crippen LogP contribution in [0.5, 0.6) is 28.7 Å². The van der Waals surface area contributed by atoms with Crippen molar-refractivity contribution in [3.05, 3.63) is 47.5 Å². The molecule has 0 fully saturated rings. The van der Waals surface area contributed by atoms with Gasteiger partial charge in [-0.2, -0.15) is 8.78 Å². The van der Waals surface area contributed by atoms with E-state index < -0.39 is 6.61 Å². The fourth-order valence-corrected chi connectivity index (χ4v) is 2.52. The zero-order valence-electron chi connectivity index (χ0n) is 14.5. The predicted octanol–water partition coefficient (Wildman–Crippen LogP) is 3.93. The maximum Gasteiger partial charge on any atom is 0.387 e. The molecule has 27 heavy (non-hydrogen) atoms. The van der Waals surface area contributed by atoms with Crippen LogP contribution in [0.3, 0.4) is 0 Å². The fraction of sp³-hybridized carbons (Fsp3) is 0.211. The van der Waals surface area contributed by atoms with Crippen molar-refractivity contribution >= 4 is 11.9 Å². The summed E-state index contributed by atoms with van der Waals surface area (Å²) in [5.74, 6) is 0.730. The number of halogens is 2. The Bertz CT molecular complexity index is 853. The first-order valence-electron chi connectivity index (χ1n) is 7.84. The first-order valence-corrected chi connectivity index (χ1v) is 7.84. The molecule has 0 spiro atoms. The molecule has 0 atom stereocenters. The normalized spacial score (nSPS) is 12.5. The molecule has 0 saturated carbocycles. The number of hydrogen-bond donors (Lipinski definition) is 0. The molecule has 0 amide bonds. The Morgan fingerprint density at radius 3 is 2.37 bits per heavy atom. The molecule has 2 aromatic rings. The number of carbonyl (C=O) groups is 1. The maximum absolute atomic E-state index is 12.6. The fourth-order valence-electron chi connectivity index (χ4n) is 2.52. The molecule has 6 nitrogen and oxygen atoms in total. The SMILES string of the molecule is COc1cc(/C=C/C(=O)c2ccc3c(c2)OCO3)cc(OC)c1OC(F)F. The highest BCUT2D eigenvalue weighted by atomic mass is 19.3. The van der Waals surface area contributed by atoms with E-state index in [9.17, 15) is 13.6 Å². The van der Waals surface area contributed by atoms with Crippen molar-refractivity contribution in [2.24, 2.45) is 0 Å². The third-order valence-electron chi connectivity index (χ3n) is 3.77. The summed E-state index contributed by atoms with van der Waals surface area (Å²) in [4.78, 5) is 12.4. The van der Waals surface area contributed by atoms with Gasteiger partial charge in [-0.15, -0.1) is 0 Å². The lowest BCUT2D eigenvalue weighted by molar-refractivity contribution is -0.0526. The summed E-state index contributed by atoms with van der Waals surface area (Å²) in [6, 6.07) is 7.80. The highest BCUT2D eigenvalue weighted by Gasteiger charge is 2.18. The number of carbonyl (C=O) groups excluding carboxylic acids is 1. The topological polar surface area (TPSA) is 63.2 Å². The van der Waals surface area contributed by atoms with Gasteiger partial charge in [-0.05, 0) is 42.0 Å². The molecule has 142 valence electrons. The Hall–Kier alpha value is -3.29. The summed E-state index contributed by atoms with van der Waals surface area (Å²) in [5.41, 5.74) is 0.937. The van der Waals surface area contributed by atoms with E-state index in [1.165, 1.54) is 38.5 Å². The van der Waals surface area contributed by atoms with Crippen molar-refractivity contribution in [1.29, 1.82) is 0 Å². The van der Waals surface area contributed by atoms with Crippen LogP contribution in [-0.2, 0) is 0 Å². The highest BCUT2D eigenvalue weighted by Crippen LogP contribution is 2.40. The molecule has 1 heterocycles. The number of benzene rings is 2. The number of fused-ring (bicyclic) bond motifs is 1. The summed E-state index contributed by atoms with van der Waals surface area (Å²) in [5, 5.41) is 0. The van der Waals surface area contributed by atoms with E-state index in [1.54, 1.807) is 18.2 Å². The van der Waals surface area contributed by atoms with Gasteiger partial charge in [0.05, 0.1) is 14.2 Å². The van der Waals surface area contributed by atoms with E-state index in [0.717, 1.165) is 0 Å². The lowest BCUT2D eigenvalue weighted by atomic mass is 10.1. The maximum atomic E-state index is 12.6. The minimum absolute atomic E-state index is 0.0600. The molecular formula is C19H16F2O6. The van der Waals surface area contributed by atoms with Crippen molar-refractivity contribution in [2.45, 2.75) is 6.61 Å². The number of allylic oxidation sites excluding steroid dienone is 1. The quantitative estimate of drug-likeness (QED) is 0.537. The van der Waals surface area contributed by atoms with E-state index in [4.69, 9.17) is 18.9 Å². The molecule has 0 aliphatic carbocycles. The number of hydrogen-bond acceptors (Lipinski definition) is 6. The van der Waals surface area contributed by atoms with Crippen LogP contribution in [0.1, 0.15) is 15.9 Å². The predicted molar refractivity (Wildman–Crippen MR) is 92.1 cm³/mol. The Balaban J connectivity index is 1.84. The lowest BCUT2D eigenvalue weighted by Crippen LogP contribution is -2.05. The molecule has 1 aliphatic heterocycles. The standard InChI is InChI=1S/C19H16F2O6/c1-23-16-7-11(8-17(24-2)18(16)27-19(20)21)3-5-13(22)12-4-6-14-15(9-12)26-10-25-14/h3-9,19H,10H2,1-2H3/b5-3+. The zero-order valence-corrected chi connectivity index (χ0v) is 14.5. The van der Waals surface area contributed by atoms with E-state index >= 15 is 0 Å². The van der Waals surface area contributed by atoms with Gasteiger partial charge in [-0.1, -0.05) is 6.08 Å². The van der Waals surface area contributed by atoms with E-state index in [1.807, 2.05) is 0 Å². The van der Waals surface area contributed by atoms with Gasteiger partial charge in [0.1, 0.15) is 0 Å². The van der Waals surface area contributed by atoms with Gasteiger partial charge in [0.15, 0.2) is 28.8 Å². The first kappa shape index (κ1) is 18.5. The van der Waals surface area contributed by atoms with Crippen LogP contribution in [0, 0.1) is 0 Å². The molecule has 0 radical (unpaired) electrons. The third-order valence-corrected chi connectivity index (χ3v) is 3.77. The first-order chi connectivity index (χ1) is 13.0. The largest absolute Gasteiger partial charge is 0.493 e. The number of alkyl halides is 2. The second-order valence-electron chi connectivity index (χ2n) is 5.40. The highest BCUT2D eigenvalue weighted by molar-refractivity contribution is 6.07. The van der Waals surface area contributed by atoms with Crippen LogP contribution in [0.4, 0.5) is 8.78 Å². The summed E-state index contributed by atoms with van der Waals surface area (Å²) in [6.07, 6.45) is 2.86. The third kappa shape index (κ3) is 4.11. The molecule has 0 bridgehead atoms. The van der Waals surface area contributed by atoms with Gasteiger partial charge >= 0.3 is 6.61 Å². The van der Waals surface area contributed by atoms with Crippen molar-refractivity contribution in [1.82, 2.24) is 0 Å². The summed E-state index contributed by atoms with van der Waals surface area (Å²) < 4.78 is 50.2. The van der Waals surface area contributed by atoms with Crippen LogP contribution in [0.2, 0.25) is 0 Å². The van der Waals surface area contributed by atoms with Crippen LogP contribution in [0.15, 0.2) is 36.4 Å².